The van der Waals surface area contributed by atoms with Crippen molar-refractivity contribution < 1.29 is 4.74 Å². The minimum absolute atomic E-state index is 0.0134. The van der Waals surface area contributed by atoms with Gasteiger partial charge < -0.3 is 10.5 Å². The second-order valence-corrected chi connectivity index (χ2v) is 5.94. The summed E-state index contributed by atoms with van der Waals surface area (Å²) in [6.07, 6.45) is 0.851. The third-order valence-corrected chi connectivity index (χ3v) is 3.95. The van der Waals surface area contributed by atoms with Gasteiger partial charge in [0.15, 0.2) is 0 Å². The first-order valence-corrected chi connectivity index (χ1v) is 7.50. The quantitative estimate of drug-likeness (QED) is 0.884. The van der Waals surface area contributed by atoms with E-state index in [1.807, 2.05) is 13.0 Å². The molecule has 0 saturated carbocycles. The van der Waals surface area contributed by atoms with Gasteiger partial charge in [-0.05, 0) is 47.6 Å². The zero-order chi connectivity index (χ0) is 15.4. The van der Waals surface area contributed by atoms with Gasteiger partial charge in [-0.3, -0.25) is 0 Å². The molecule has 1 unspecified atom stereocenters. The molecule has 2 aromatic carbocycles. The molecule has 0 bridgehead atoms. The van der Waals surface area contributed by atoms with Crippen molar-refractivity contribution in [3.8, 4) is 5.75 Å². The van der Waals surface area contributed by atoms with Crippen molar-refractivity contribution in [1.82, 2.24) is 0 Å². The highest BCUT2D eigenvalue weighted by Gasteiger charge is 2.09. The van der Waals surface area contributed by atoms with Gasteiger partial charge in [-0.1, -0.05) is 50.2 Å². The van der Waals surface area contributed by atoms with Crippen molar-refractivity contribution in [2.24, 2.45) is 5.73 Å². The average Bonchev–Trinajstić information content (AvgIpc) is 2.47. The van der Waals surface area contributed by atoms with E-state index in [0.29, 0.717) is 5.92 Å². The maximum atomic E-state index is 6.34. The Labute approximate surface area is 127 Å². The molecule has 2 aromatic rings. The lowest BCUT2D eigenvalue weighted by Gasteiger charge is -2.15. The lowest BCUT2D eigenvalue weighted by Crippen LogP contribution is -2.13. The van der Waals surface area contributed by atoms with Gasteiger partial charge in [0.05, 0.1) is 7.11 Å². The van der Waals surface area contributed by atoms with E-state index in [-0.39, 0.29) is 6.04 Å². The van der Waals surface area contributed by atoms with Crippen LogP contribution >= 0.6 is 0 Å². The summed E-state index contributed by atoms with van der Waals surface area (Å²) in [5.41, 5.74) is 11.3. The van der Waals surface area contributed by atoms with Gasteiger partial charge in [0, 0.05) is 6.04 Å². The molecule has 0 spiro atoms. The van der Waals surface area contributed by atoms with E-state index in [2.05, 4.69) is 50.2 Å². The van der Waals surface area contributed by atoms with Crippen LogP contribution < -0.4 is 10.5 Å². The smallest absolute Gasteiger partial charge is 0.121 e. The monoisotopic (exact) mass is 283 g/mol. The number of hydrogen-bond acceptors (Lipinski definition) is 2. The SMILES string of the molecule is COc1ccc(C(N)Cc2ccc(C(C)C)cc2)cc1C. The maximum Gasteiger partial charge on any atom is 0.121 e. The molecule has 0 amide bonds. The highest BCUT2D eigenvalue weighted by atomic mass is 16.5. The van der Waals surface area contributed by atoms with Crippen LogP contribution in [0.15, 0.2) is 42.5 Å². The van der Waals surface area contributed by atoms with Crippen molar-refractivity contribution in [1.29, 1.82) is 0 Å². The van der Waals surface area contributed by atoms with Crippen molar-refractivity contribution >= 4 is 0 Å². The Kier molecular flexibility index (Phi) is 5.03. The third-order valence-electron chi connectivity index (χ3n) is 3.95. The standard InChI is InChI=1S/C19H25NO/c1-13(2)16-7-5-15(6-8-16)12-18(20)17-9-10-19(21-4)14(3)11-17/h5-11,13,18H,12,20H2,1-4H3. The van der Waals surface area contributed by atoms with Crippen molar-refractivity contribution in [2.75, 3.05) is 7.11 Å². The van der Waals surface area contributed by atoms with E-state index in [1.54, 1.807) is 7.11 Å². The highest BCUT2D eigenvalue weighted by Crippen LogP contribution is 2.24. The summed E-state index contributed by atoms with van der Waals surface area (Å²) in [6.45, 7) is 6.47. The lowest BCUT2D eigenvalue weighted by atomic mass is 9.96. The van der Waals surface area contributed by atoms with Crippen LogP contribution in [0.4, 0.5) is 0 Å². The Morgan fingerprint density at radius 3 is 2.14 bits per heavy atom. The number of methoxy groups -OCH3 is 1. The number of rotatable bonds is 5. The minimum Gasteiger partial charge on any atom is -0.496 e. The zero-order valence-corrected chi connectivity index (χ0v) is 13.4. The predicted molar refractivity (Wildman–Crippen MR) is 88.9 cm³/mol. The molecule has 0 aromatic heterocycles. The van der Waals surface area contributed by atoms with Gasteiger partial charge in [-0.15, -0.1) is 0 Å². The Bertz CT molecular complexity index is 587. The van der Waals surface area contributed by atoms with E-state index in [4.69, 9.17) is 10.5 Å². The predicted octanol–water partition coefficient (Wildman–Crippen LogP) is 4.37. The van der Waals surface area contributed by atoms with Crippen LogP contribution in [-0.4, -0.2) is 7.11 Å². The second kappa shape index (κ2) is 6.77. The van der Waals surface area contributed by atoms with Gasteiger partial charge in [-0.2, -0.15) is 0 Å². The van der Waals surface area contributed by atoms with Crippen molar-refractivity contribution in [3.05, 3.63) is 64.7 Å². The topological polar surface area (TPSA) is 35.2 Å². The normalized spacial score (nSPS) is 12.5. The van der Waals surface area contributed by atoms with Gasteiger partial charge in [0.2, 0.25) is 0 Å². The van der Waals surface area contributed by atoms with E-state index >= 15 is 0 Å². The number of hydrogen-bond donors (Lipinski definition) is 1. The molecule has 2 heteroatoms. The molecular weight excluding hydrogens is 258 g/mol. The number of nitrogens with two attached hydrogens (primary N) is 1. The molecule has 0 saturated heterocycles. The Morgan fingerprint density at radius 1 is 1.00 bits per heavy atom. The molecule has 112 valence electrons. The fourth-order valence-electron chi connectivity index (χ4n) is 2.54. The molecule has 0 aliphatic heterocycles. The molecule has 0 aliphatic carbocycles. The summed E-state index contributed by atoms with van der Waals surface area (Å²) < 4.78 is 5.29. The van der Waals surface area contributed by atoms with E-state index in [9.17, 15) is 0 Å². The third kappa shape index (κ3) is 3.85. The number of ether oxygens (including phenoxy) is 1. The largest absolute Gasteiger partial charge is 0.496 e. The summed E-state index contributed by atoms with van der Waals surface area (Å²) in [4.78, 5) is 0. The van der Waals surface area contributed by atoms with Gasteiger partial charge in [0.25, 0.3) is 0 Å². The van der Waals surface area contributed by atoms with Crippen LogP contribution in [0.2, 0.25) is 0 Å². The summed E-state index contributed by atoms with van der Waals surface area (Å²) in [5, 5.41) is 0. The minimum atomic E-state index is 0.0134. The first-order chi connectivity index (χ1) is 10.0. The van der Waals surface area contributed by atoms with Gasteiger partial charge >= 0.3 is 0 Å². The molecular formula is C19H25NO. The highest BCUT2D eigenvalue weighted by molar-refractivity contribution is 5.38. The van der Waals surface area contributed by atoms with Crippen LogP contribution in [0.5, 0.6) is 5.75 Å². The second-order valence-electron chi connectivity index (χ2n) is 5.94. The lowest BCUT2D eigenvalue weighted by molar-refractivity contribution is 0.411. The first-order valence-electron chi connectivity index (χ1n) is 7.50. The molecule has 21 heavy (non-hydrogen) atoms. The van der Waals surface area contributed by atoms with Gasteiger partial charge in [-0.25, -0.2) is 0 Å². The Morgan fingerprint density at radius 2 is 1.62 bits per heavy atom. The molecule has 1 atom stereocenters. The fourth-order valence-corrected chi connectivity index (χ4v) is 2.54. The fraction of sp³-hybridized carbons (Fsp3) is 0.368. The summed E-state index contributed by atoms with van der Waals surface area (Å²) in [6, 6.07) is 15.0. The molecule has 0 fully saturated rings. The molecule has 2 rings (SSSR count). The summed E-state index contributed by atoms with van der Waals surface area (Å²) >= 11 is 0. The Balaban J connectivity index is 2.10. The molecule has 0 aliphatic rings. The maximum absolute atomic E-state index is 6.34. The van der Waals surface area contributed by atoms with E-state index < -0.39 is 0 Å². The van der Waals surface area contributed by atoms with Crippen LogP contribution in [0.1, 0.15) is 48.1 Å². The first kappa shape index (κ1) is 15.6. The van der Waals surface area contributed by atoms with E-state index in [1.165, 1.54) is 11.1 Å². The van der Waals surface area contributed by atoms with Crippen molar-refractivity contribution in [3.63, 3.8) is 0 Å². The van der Waals surface area contributed by atoms with E-state index in [0.717, 1.165) is 23.3 Å². The average molecular weight is 283 g/mol. The molecule has 0 heterocycles. The van der Waals surface area contributed by atoms with Crippen LogP contribution in [-0.2, 0) is 6.42 Å². The summed E-state index contributed by atoms with van der Waals surface area (Å²) in [7, 11) is 1.69. The molecule has 2 nitrogen and oxygen atoms in total. The van der Waals surface area contributed by atoms with Gasteiger partial charge in [0.1, 0.15) is 5.75 Å². The molecule has 2 N–H and O–H groups in total. The van der Waals surface area contributed by atoms with Crippen LogP contribution in [0.25, 0.3) is 0 Å². The van der Waals surface area contributed by atoms with Crippen LogP contribution in [0.3, 0.4) is 0 Å². The van der Waals surface area contributed by atoms with Crippen LogP contribution in [0, 0.1) is 6.92 Å². The Hall–Kier alpha value is -1.80. The zero-order valence-electron chi connectivity index (χ0n) is 13.4. The number of aryl methyl sites for hydroxylation is 1. The summed E-state index contributed by atoms with van der Waals surface area (Å²) in [5.74, 6) is 1.48. The molecule has 0 radical (unpaired) electrons. The number of benzene rings is 2. The van der Waals surface area contributed by atoms with Crippen molar-refractivity contribution in [2.45, 2.75) is 39.2 Å².